The molecule has 1 N–H and O–H groups in total. The fraction of sp³-hybridized carbons (Fsp3) is 0.444. The van der Waals surface area contributed by atoms with Gasteiger partial charge < -0.3 is 9.67 Å². The van der Waals surface area contributed by atoms with Crippen LogP contribution >= 0.6 is 0 Å². The van der Waals surface area contributed by atoms with Gasteiger partial charge in [0.05, 0.1) is 0 Å². The van der Waals surface area contributed by atoms with Gasteiger partial charge in [-0.1, -0.05) is 0 Å². The standard InChI is InChI=1S/C9H12N2O/c1-2-3-4-6-11-7-5-10-9(11)8-12/h1,5,7,12H,3-4,6,8H2. The first kappa shape index (κ1) is 8.82. The monoisotopic (exact) mass is 164 g/mol. The van der Waals surface area contributed by atoms with Crippen LogP contribution < -0.4 is 0 Å². The number of unbranched alkanes of at least 4 members (excludes halogenated alkanes) is 1. The molecule has 0 fully saturated rings. The van der Waals surface area contributed by atoms with Crippen molar-refractivity contribution < 1.29 is 5.11 Å². The van der Waals surface area contributed by atoms with E-state index in [0.29, 0.717) is 5.82 Å². The van der Waals surface area contributed by atoms with Gasteiger partial charge in [0.1, 0.15) is 12.4 Å². The smallest absolute Gasteiger partial charge is 0.134 e. The lowest BCUT2D eigenvalue weighted by Crippen LogP contribution is -2.02. The highest BCUT2D eigenvalue weighted by Gasteiger charge is 1.98. The molecule has 1 aromatic rings. The van der Waals surface area contributed by atoms with Crippen LogP contribution in [0.1, 0.15) is 18.7 Å². The molecule has 0 amide bonds. The van der Waals surface area contributed by atoms with E-state index in [4.69, 9.17) is 11.5 Å². The van der Waals surface area contributed by atoms with Crippen molar-refractivity contribution in [2.45, 2.75) is 26.0 Å². The van der Waals surface area contributed by atoms with Crippen molar-refractivity contribution in [3.8, 4) is 12.3 Å². The molecule has 0 aliphatic carbocycles. The van der Waals surface area contributed by atoms with Crippen molar-refractivity contribution in [2.24, 2.45) is 0 Å². The molecule has 0 aromatic carbocycles. The van der Waals surface area contributed by atoms with Gasteiger partial charge in [0.15, 0.2) is 0 Å². The van der Waals surface area contributed by atoms with Gasteiger partial charge >= 0.3 is 0 Å². The Hall–Kier alpha value is -1.27. The van der Waals surface area contributed by atoms with Crippen LogP contribution in [0.2, 0.25) is 0 Å². The van der Waals surface area contributed by atoms with Gasteiger partial charge in [-0.3, -0.25) is 0 Å². The van der Waals surface area contributed by atoms with Gasteiger partial charge in [-0.25, -0.2) is 4.98 Å². The minimum absolute atomic E-state index is 0.0109. The largest absolute Gasteiger partial charge is 0.388 e. The van der Waals surface area contributed by atoms with Crippen LogP contribution in [0.25, 0.3) is 0 Å². The van der Waals surface area contributed by atoms with E-state index in [1.807, 2.05) is 10.8 Å². The van der Waals surface area contributed by atoms with Crippen LogP contribution in [-0.4, -0.2) is 14.7 Å². The van der Waals surface area contributed by atoms with Crippen molar-refractivity contribution in [3.63, 3.8) is 0 Å². The van der Waals surface area contributed by atoms with Gasteiger partial charge in [0, 0.05) is 25.4 Å². The second-order valence-electron chi connectivity index (χ2n) is 2.50. The second-order valence-corrected chi connectivity index (χ2v) is 2.50. The number of hydrogen-bond acceptors (Lipinski definition) is 2. The molecular weight excluding hydrogens is 152 g/mol. The first-order valence-electron chi connectivity index (χ1n) is 3.93. The predicted molar refractivity (Wildman–Crippen MR) is 46.2 cm³/mol. The SMILES string of the molecule is C#CCCCn1ccnc1CO. The molecule has 0 atom stereocenters. The van der Waals surface area contributed by atoms with Crippen LogP contribution in [0.5, 0.6) is 0 Å². The average Bonchev–Trinajstić information content (AvgIpc) is 2.52. The van der Waals surface area contributed by atoms with Crippen LogP contribution in [0.4, 0.5) is 0 Å². The fourth-order valence-electron chi connectivity index (χ4n) is 1.05. The summed E-state index contributed by atoms with van der Waals surface area (Å²) >= 11 is 0. The van der Waals surface area contributed by atoms with Gasteiger partial charge in [-0.15, -0.1) is 12.3 Å². The Morgan fingerprint density at radius 3 is 3.17 bits per heavy atom. The second kappa shape index (κ2) is 4.58. The molecule has 3 heteroatoms. The maximum atomic E-state index is 8.84. The Labute approximate surface area is 72.1 Å². The lowest BCUT2D eigenvalue weighted by molar-refractivity contribution is 0.264. The molecule has 0 aliphatic heterocycles. The number of nitrogens with zero attached hydrogens (tertiary/aromatic N) is 2. The third kappa shape index (κ3) is 2.11. The Morgan fingerprint density at radius 1 is 1.67 bits per heavy atom. The molecule has 0 saturated carbocycles. The van der Waals surface area contributed by atoms with Crippen LogP contribution in [0, 0.1) is 12.3 Å². The van der Waals surface area contributed by atoms with E-state index in [2.05, 4.69) is 10.9 Å². The Balaban J connectivity index is 2.46. The number of aliphatic hydroxyl groups excluding tert-OH is 1. The first-order chi connectivity index (χ1) is 5.88. The third-order valence-electron chi connectivity index (χ3n) is 1.66. The highest BCUT2D eigenvalue weighted by atomic mass is 16.3. The molecule has 1 heterocycles. The normalized spacial score (nSPS) is 9.67. The zero-order valence-electron chi connectivity index (χ0n) is 6.90. The minimum atomic E-state index is -0.0109. The highest BCUT2D eigenvalue weighted by Crippen LogP contribution is 2.00. The summed E-state index contributed by atoms with van der Waals surface area (Å²) in [6.07, 6.45) is 10.3. The summed E-state index contributed by atoms with van der Waals surface area (Å²) in [5.74, 6) is 3.27. The molecule has 3 nitrogen and oxygen atoms in total. The quantitative estimate of drug-likeness (QED) is 0.527. The minimum Gasteiger partial charge on any atom is -0.388 e. The molecule has 0 spiro atoms. The van der Waals surface area contributed by atoms with Crippen LogP contribution in [0.3, 0.4) is 0 Å². The van der Waals surface area contributed by atoms with Gasteiger partial charge in [0.2, 0.25) is 0 Å². The molecule has 0 radical (unpaired) electrons. The number of rotatable bonds is 4. The fourth-order valence-corrected chi connectivity index (χ4v) is 1.05. The van der Waals surface area contributed by atoms with Crippen LogP contribution in [-0.2, 0) is 13.2 Å². The van der Waals surface area contributed by atoms with E-state index in [1.54, 1.807) is 6.20 Å². The van der Waals surface area contributed by atoms with E-state index in [9.17, 15) is 0 Å². The molecule has 0 aliphatic rings. The molecule has 0 bridgehead atoms. The molecule has 0 unspecified atom stereocenters. The third-order valence-corrected chi connectivity index (χ3v) is 1.66. The number of imidazole rings is 1. The summed E-state index contributed by atoms with van der Waals surface area (Å²) in [6.45, 7) is 0.823. The zero-order valence-corrected chi connectivity index (χ0v) is 6.90. The van der Waals surface area contributed by atoms with E-state index < -0.39 is 0 Å². The molecule has 1 aromatic heterocycles. The lowest BCUT2D eigenvalue weighted by atomic mass is 10.3. The number of aromatic nitrogens is 2. The van der Waals surface area contributed by atoms with E-state index >= 15 is 0 Å². The topological polar surface area (TPSA) is 38.0 Å². The Bertz CT molecular complexity index is 272. The first-order valence-corrected chi connectivity index (χ1v) is 3.93. The summed E-state index contributed by atoms with van der Waals surface area (Å²) in [4.78, 5) is 3.97. The average molecular weight is 164 g/mol. The zero-order chi connectivity index (χ0) is 8.81. The maximum absolute atomic E-state index is 8.84. The number of aryl methyl sites for hydroxylation is 1. The van der Waals surface area contributed by atoms with Gasteiger partial charge in [-0.2, -0.15) is 0 Å². The molecule has 0 saturated heterocycles. The number of terminal acetylenes is 1. The van der Waals surface area contributed by atoms with E-state index in [1.165, 1.54) is 0 Å². The Kier molecular flexibility index (Phi) is 3.36. The molecule has 64 valence electrons. The number of hydrogen-bond donors (Lipinski definition) is 1. The van der Waals surface area contributed by atoms with E-state index in [-0.39, 0.29) is 6.61 Å². The number of aliphatic hydroxyl groups is 1. The van der Waals surface area contributed by atoms with Crippen molar-refractivity contribution in [3.05, 3.63) is 18.2 Å². The summed E-state index contributed by atoms with van der Waals surface area (Å²) in [6, 6.07) is 0. The predicted octanol–water partition coefficient (Wildman–Crippen LogP) is 0.789. The van der Waals surface area contributed by atoms with E-state index in [0.717, 1.165) is 19.4 Å². The lowest BCUT2D eigenvalue weighted by Gasteiger charge is -2.02. The molecule has 1 rings (SSSR count). The Morgan fingerprint density at radius 2 is 2.50 bits per heavy atom. The van der Waals surface area contributed by atoms with Gasteiger partial charge in [0.25, 0.3) is 0 Å². The van der Waals surface area contributed by atoms with Crippen molar-refractivity contribution in [1.82, 2.24) is 9.55 Å². The highest BCUT2D eigenvalue weighted by molar-refractivity contribution is 4.90. The van der Waals surface area contributed by atoms with Crippen molar-refractivity contribution in [1.29, 1.82) is 0 Å². The summed E-state index contributed by atoms with van der Waals surface area (Å²) in [5, 5.41) is 8.84. The summed E-state index contributed by atoms with van der Waals surface area (Å²) < 4.78 is 1.91. The van der Waals surface area contributed by atoms with Crippen molar-refractivity contribution in [2.75, 3.05) is 0 Å². The van der Waals surface area contributed by atoms with Gasteiger partial charge in [-0.05, 0) is 6.42 Å². The maximum Gasteiger partial charge on any atom is 0.134 e. The summed E-state index contributed by atoms with van der Waals surface area (Å²) in [5.41, 5.74) is 0. The summed E-state index contributed by atoms with van der Waals surface area (Å²) in [7, 11) is 0. The molecule has 12 heavy (non-hydrogen) atoms. The molecular formula is C9H12N2O. The van der Waals surface area contributed by atoms with Crippen molar-refractivity contribution >= 4 is 0 Å². The van der Waals surface area contributed by atoms with Crippen LogP contribution in [0.15, 0.2) is 12.4 Å².